The van der Waals surface area contributed by atoms with Crippen molar-refractivity contribution in [1.82, 2.24) is 0 Å². The predicted molar refractivity (Wildman–Crippen MR) is 35.4 cm³/mol. The monoisotopic (exact) mass is 119 g/mol. The number of hydrogen-bond donors (Lipinski definition) is 3. The molecule has 0 aromatic rings. The van der Waals surface area contributed by atoms with Crippen molar-refractivity contribution in [2.75, 3.05) is 0 Å². The molecule has 0 unspecified atom stereocenters. The number of thiocarbonyl (C=S) groups is 1. The molecule has 4 heteroatoms. The first kappa shape index (κ1) is 9.52. The molecule has 0 spiro atoms. The average Bonchev–Trinajstić information content (AvgIpc) is 1.33. The Labute approximate surface area is 48.2 Å². The van der Waals surface area contributed by atoms with Gasteiger partial charge in [0.2, 0.25) is 0 Å². The number of nitrogens with two attached hydrogens (primary N) is 3. The quantitative estimate of drug-likeness (QED) is 0.368. The smallest absolute Gasteiger partial charge is 0.160 e. The maximum absolute atomic E-state index is 4.62. The molecule has 0 bridgehead atoms. The van der Waals surface area contributed by atoms with Crippen LogP contribution in [-0.4, -0.2) is 5.11 Å². The highest BCUT2D eigenvalue weighted by Gasteiger charge is 1.53. The van der Waals surface area contributed by atoms with Crippen LogP contribution < -0.4 is 17.2 Å². The van der Waals surface area contributed by atoms with E-state index < -0.39 is 0 Å². The molecule has 0 saturated carbocycles. The largest absolute Gasteiger partial charge is 0.405 e. The molecule has 0 saturated heterocycles. The van der Waals surface area contributed by atoms with Crippen LogP contribution in [0.3, 0.4) is 0 Å². The van der Waals surface area contributed by atoms with Crippen molar-refractivity contribution in [3.63, 3.8) is 0 Å². The summed E-state index contributed by atoms with van der Waals surface area (Å²) in [5, 5.41) is 0.000000000000000222. The zero-order valence-electron chi connectivity index (χ0n) is 3.92. The Morgan fingerprint density at radius 2 is 1.57 bits per heavy atom. The highest BCUT2D eigenvalue weighted by Crippen LogP contribution is 1.32. The van der Waals surface area contributed by atoms with Crippen LogP contribution in [0.15, 0.2) is 12.8 Å². The van der Waals surface area contributed by atoms with Gasteiger partial charge in [-0.15, -0.1) is 0 Å². The molecule has 0 heterocycles. The fourth-order valence-electron chi connectivity index (χ4n) is 0. The molecule has 0 atom stereocenters. The lowest BCUT2D eigenvalue weighted by Gasteiger charge is -1.68. The zero-order chi connectivity index (χ0) is 6.28. The average molecular weight is 119 g/mol. The highest BCUT2D eigenvalue weighted by molar-refractivity contribution is 7.80. The van der Waals surface area contributed by atoms with Crippen molar-refractivity contribution < 1.29 is 0 Å². The molecule has 0 aromatic heterocycles. The van der Waals surface area contributed by atoms with Crippen molar-refractivity contribution >= 4 is 17.3 Å². The van der Waals surface area contributed by atoms with Gasteiger partial charge in [0.25, 0.3) is 0 Å². The fourth-order valence-corrected chi connectivity index (χ4v) is 0. The predicted octanol–water partition coefficient (Wildman–Crippen LogP) is -0.723. The second kappa shape index (κ2) is 8.97. The normalized spacial score (nSPS) is 5.14. The molecular weight excluding hydrogens is 110 g/mol. The van der Waals surface area contributed by atoms with Gasteiger partial charge in [-0.2, -0.15) is 0 Å². The highest BCUT2D eigenvalue weighted by atomic mass is 32.1. The van der Waals surface area contributed by atoms with Crippen molar-refractivity contribution in [3.8, 4) is 0 Å². The van der Waals surface area contributed by atoms with E-state index in [1.165, 1.54) is 6.20 Å². The van der Waals surface area contributed by atoms with Crippen LogP contribution in [0.2, 0.25) is 0 Å². The number of hydrogen-bond acceptors (Lipinski definition) is 2. The number of rotatable bonds is 0. The molecule has 3 nitrogen and oxygen atoms in total. The Morgan fingerprint density at radius 3 is 1.57 bits per heavy atom. The maximum Gasteiger partial charge on any atom is 0.160 e. The first-order valence-electron chi connectivity index (χ1n) is 1.52. The molecule has 0 radical (unpaired) electrons. The standard InChI is InChI=1S/C2H5N.CH4N2S/c1-2-3;2-1(3)4/h2H,1,3H2;(H4,2,3,4). The van der Waals surface area contributed by atoms with Crippen LogP contribution in [0.25, 0.3) is 0 Å². The maximum atomic E-state index is 4.62. The van der Waals surface area contributed by atoms with E-state index in [0.29, 0.717) is 0 Å². The van der Waals surface area contributed by atoms with Gasteiger partial charge in [0, 0.05) is 0 Å². The summed E-state index contributed by atoms with van der Waals surface area (Å²) in [7, 11) is 0. The second-order valence-corrected chi connectivity index (χ2v) is 1.11. The molecule has 0 aliphatic heterocycles. The fraction of sp³-hybridized carbons (Fsp3) is 0. The van der Waals surface area contributed by atoms with E-state index in [1.807, 2.05) is 0 Å². The van der Waals surface area contributed by atoms with Crippen molar-refractivity contribution in [3.05, 3.63) is 12.8 Å². The Balaban J connectivity index is 0. The summed E-state index contributed by atoms with van der Waals surface area (Å²) in [6.45, 7) is 3.14. The van der Waals surface area contributed by atoms with Crippen LogP contribution in [0.1, 0.15) is 0 Å². The van der Waals surface area contributed by atoms with Gasteiger partial charge in [-0.1, -0.05) is 6.58 Å². The first-order chi connectivity index (χ1) is 3.15. The summed E-state index contributed by atoms with van der Waals surface area (Å²) in [6, 6.07) is 0. The minimum Gasteiger partial charge on any atom is -0.405 e. The lowest BCUT2D eigenvalue weighted by atomic mass is 11.1. The van der Waals surface area contributed by atoms with Gasteiger partial charge in [0.1, 0.15) is 0 Å². The first-order valence-corrected chi connectivity index (χ1v) is 1.93. The summed E-state index contributed by atoms with van der Waals surface area (Å²) in [4.78, 5) is 0. The van der Waals surface area contributed by atoms with Crippen LogP contribution in [0.4, 0.5) is 0 Å². The molecule has 42 valence electrons. The Kier molecular flexibility index (Phi) is 12.2. The van der Waals surface area contributed by atoms with E-state index in [4.69, 9.17) is 0 Å². The van der Waals surface area contributed by atoms with Crippen molar-refractivity contribution in [1.29, 1.82) is 0 Å². The van der Waals surface area contributed by atoms with E-state index in [1.54, 1.807) is 0 Å². The molecule has 0 aromatic carbocycles. The second-order valence-electron chi connectivity index (χ2n) is 0.638. The minimum absolute atomic E-state index is 0.000000000000000222. The summed E-state index contributed by atoms with van der Waals surface area (Å²) < 4.78 is 0. The molecule has 0 fully saturated rings. The van der Waals surface area contributed by atoms with Crippen molar-refractivity contribution in [2.24, 2.45) is 17.2 Å². The van der Waals surface area contributed by atoms with Gasteiger partial charge in [-0.3, -0.25) is 0 Å². The van der Waals surface area contributed by atoms with E-state index >= 15 is 0 Å². The molecule has 0 aliphatic carbocycles. The van der Waals surface area contributed by atoms with E-state index in [-0.39, 0.29) is 5.11 Å². The summed E-state index contributed by atoms with van der Waals surface area (Å²) in [5.74, 6) is 0. The molecule has 6 N–H and O–H groups in total. The molecule has 0 rings (SSSR count). The summed E-state index contributed by atoms with van der Waals surface area (Å²) in [6.07, 6.45) is 1.25. The van der Waals surface area contributed by atoms with E-state index in [2.05, 4.69) is 36.0 Å². The van der Waals surface area contributed by atoms with Gasteiger partial charge < -0.3 is 17.2 Å². The van der Waals surface area contributed by atoms with Gasteiger partial charge in [0.15, 0.2) is 5.11 Å². The molecular formula is C3H9N3S. The van der Waals surface area contributed by atoms with Gasteiger partial charge >= 0.3 is 0 Å². The van der Waals surface area contributed by atoms with E-state index in [9.17, 15) is 0 Å². The van der Waals surface area contributed by atoms with Crippen LogP contribution in [0, 0.1) is 0 Å². The summed E-state index contributed by atoms with van der Waals surface area (Å²) >= 11 is 4.09. The van der Waals surface area contributed by atoms with Crippen molar-refractivity contribution in [2.45, 2.75) is 0 Å². The lowest BCUT2D eigenvalue weighted by Crippen LogP contribution is -2.18. The lowest BCUT2D eigenvalue weighted by molar-refractivity contribution is 1.64. The third-order valence-corrected chi connectivity index (χ3v) is 0. The third-order valence-electron chi connectivity index (χ3n) is 0. The van der Waals surface area contributed by atoms with Crippen LogP contribution in [-0.2, 0) is 0 Å². The van der Waals surface area contributed by atoms with Gasteiger partial charge in [-0.25, -0.2) is 0 Å². The molecule has 7 heavy (non-hydrogen) atoms. The topological polar surface area (TPSA) is 78.1 Å². The Hall–Kier alpha value is -0.770. The Morgan fingerprint density at radius 1 is 1.57 bits per heavy atom. The minimum atomic E-state index is 0.000000000000000222. The van der Waals surface area contributed by atoms with Gasteiger partial charge in [-0.05, 0) is 18.4 Å². The van der Waals surface area contributed by atoms with Crippen LogP contribution >= 0.6 is 12.2 Å². The third kappa shape index (κ3) is 92.0. The zero-order valence-corrected chi connectivity index (χ0v) is 4.74. The molecule has 0 aliphatic rings. The Bertz CT molecular complexity index is 57.2. The SMILES string of the molecule is C=CN.NC(N)=S. The van der Waals surface area contributed by atoms with E-state index in [0.717, 1.165) is 0 Å². The summed E-state index contributed by atoms with van der Waals surface area (Å²) in [5.41, 5.74) is 13.9. The molecule has 0 amide bonds. The van der Waals surface area contributed by atoms with Gasteiger partial charge in [0.05, 0.1) is 0 Å². The van der Waals surface area contributed by atoms with Crippen LogP contribution in [0.5, 0.6) is 0 Å².